The Morgan fingerprint density at radius 2 is 1.88 bits per heavy atom. The van der Waals surface area contributed by atoms with Crippen molar-refractivity contribution >= 4 is 23.0 Å². The lowest BCUT2D eigenvalue weighted by Gasteiger charge is -2.30. The summed E-state index contributed by atoms with van der Waals surface area (Å²) in [6, 6.07) is 13.9. The fourth-order valence-corrected chi connectivity index (χ4v) is 3.53. The van der Waals surface area contributed by atoms with E-state index in [1.165, 1.54) is 11.1 Å². The number of hydrogen-bond acceptors (Lipinski definition) is 5. The predicted molar refractivity (Wildman–Crippen MR) is 101 cm³/mol. The number of methoxy groups -OCH3 is 2. The van der Waals surface area contributed by atoms with E-state index in [2.05, 4.69) is 23.1 Å². The summed E-state index contributed by atoms with van der Waals surface area (Å²) in [7, 11) is 3.22. The van der Waals surface area contributed by atoms with Crippen molar-refractivity contribution in [2.45, 2.75) is 13.0 Å². The highest BCUT2D eigenvalue weighted by molar-refractivity contribution is 5.95. The molecule has 1 aliphatic rings. The quantitative estimate of drug-likeness (QED) is 0.674. The first-order chi connectivity index (χ1) is 12.7. The molecule has 0 amide bonds. The topological polar surface area (TPSA) is 51.7 Å². The third-order valence-electron chi connectivity index (χ3n) is 4.88. The number of aldehydes is 1. The van der Waals surface area contributed by atoms with Crippen LogP contribution in [-0.4, -0.2) is 32.0 Å². The van der Waals surface area contributed by atoms with Crippen LogP contribution in [0.1, 0.15) is 21.5 Å². The fraction of sp³-hybridized carbons (Fsp3) is 0.238. The maximum atomic E-state index is 11.7. The molecule has 0 aliphatic carbocycles. The zero-order valence-electron chi connectivity index (χ0n) is 14.9. The number of aromatic nitrogens is 1. The van der Waals surface area contributed by atoms with E-state index in [9.17, 15) is 4.79 Å². The normalized spacial score (nSPS) is 13.4. The van der Waals surface area contributed by atoms with Gasteiger partial charge in [-0.15, -0.1) is 0 Å². The lowest BCUT2D eigenvalue weighted by Crippen LogP contribution is -2.31. The Bertz CT molecular complexity index is 984. The molecule has 5 heteroatoms. The number of carbonyl (C=O) groups is 1. The van der Waals surface area contributed by atoms with Crippen LogP contribution < -0.4 is 14.4 Å². The van der Waals surface area contributed by atoms with Crippen LogP contribution in [0.25, 0.3) is 10.9 Å². The molecule has 0 unspecified atom stereocenters. The van der Waals surface area contributed by atoms with Crippen molar-refractivity contribution < 1.29 is 14.3 Å². The molecule has 0 saturated carbocycles. The van der Waals surface area contributed by atoms with Gasteiger partial charge in [-0.2, -0.15) is 0 Å². The monoisotopic (exact) mass is 348 g/mol. The van der Waals surface area contributed by atoms with E-state index < -0.39 is 0 Å². The van der Waals surface area contributed by atoms with E-state index in [-0.39, 0.29) is 0 Å². The minimum Gasteiger partial charge on any atom is -0.497 e. The summed E-state index contributed by atoms with van der Waals surface area (Å²) in [4.78, 5) is 18.7. The van der Waals surface area contributed by atoms with Gasteiger partial charge < -0.3 is 14.4 Å². The molecule has 26 heavy (non-hydrogen) atoms. The zero-order valence-corrected chi connectivity index (χ0v) is 14.9. The molecule has 0 spiro atoms. The summed E-state index contributed by atoms with van der Waals surface area (Å²) in [5.41, 5.74) is 3.94. The first-order valence-electron chi connectivity index (χ1n) is 8.57. The van der Waals surface area contributed by atoms with Gasteiger partial charge in [-0.1, -0.05) is 24.3 Å². The van der Waals surface area contributed by atoms with Gasteiger partial charge in [0.15, 0.2) is 6.29 Å². The van der Waals surface area contributed by atoms with Gasteiger partial charge in [-0.05, 0) is 29.7 Å². The molecule has 0 bridgehead atoms. The smallest absolute Gasteiger partial charge is 0.153 e. The molecule has 4 rings (SSSR count). The number of pyridine rings is 1. The van der Waals surface area contributed by atoms with Gasteiger partial charge in [-0.25, -0.2) is 4.98 Å². The minimum atomic E-state index is 0.576. The van der Waals surface area contributed by atoms with Gasteiger partial charge >= 0.3 is 0 Å². The highest BCUT2D eigenvalue weighted by atomic mass is 16.5. The van der Waals surface area contributed by atoms with Gasteiger partial charge in [0.1, 0.15) is 22.8 Å². The number of nitrogens with zero attached hydrogens (tertiary/aromatic N) is 2. The average Bonchev–Trinajstić information content (AvgIpc) is 2.71. The molecule has 1 aromatic heterocycles. The van der Waals surface area contributed by atoms with Crippen molar-refractivity contribution in [2.75, 3.05) is 25.7 Å². The van der Waals surface area contributed by atoms with Crippen molar-refractivity contribution in [3.05, 3.63) is 59.2 Å². The van der Waals surface area contributed by atoms with E-state index >= 15 is 0 Å². The summed E-state index contributed by atoms with van der Waals surface area (Å²) >= 11 is 0. The first kappa shape index (κ1) is 16.4. The Labute approximate surface area is 152 Å². The third-order valence-corrected chi connectivity index (χ3v) is 4.88. The fourth-order valence-electron chi connectivity index (χ4n) is 3.53. The second-order valence-corrected chi connectivity index (χ2v) is 6.36. The second kappa shape index (κ2) is 6.67. The van der Waals surface area contributed by atoms with Crippen molar-refractivity contribution in [1.82, 2.24) is 4.98 Å². The lowest BCUT2D eigenvalue weighted by molar-refractivity contribution is 0.112. The van der Waals surface area contributed by atoms with Crippen LogP contribution in [0.2, 0.25) is 0 Å². The van der Waals surface area contributed by atoms with Crippen LogP contribution >= 0.6 is 0 Å². The van der Waals surface area contributed by atoms with Crippen molar-refractivity contribution in [2.24, 2.45) is 0 Å². The minimum absolute atomic E-state index is 0.576. The number of ether oxygens (including phenoxy) is 2. The lowest BCUT2D eigenvalue weighted by atomic mass is 9.99. The first-order valence-corrected chi connectivity index (χ1v) is 8.57. The van der Waals surface area contributed by atoms with Gasteiger partial charge in [0.05, 0.1) is 19.8 Å². The van der Waals surface area contributed by atoms with Gasteiger partial charge in [0.25, 0.3) is 0 Å². The van der Waals surface area contributed by atoms with Gasteiger partial charge in [-0.3, -0.25) is 4.79 Å². The van der Waals surface area contributed by atoms with Crippen LogP contribution in [0.15, 0.2) is 42.5 Å². The molecule has 2 aromatic carbocycles. The van der Waals surface area contributed by atoms with Crippen molar-refractivity contribution in [1.29, 1.82) is 0 Å². The van der Waals surface area contributed by atoms with Crippen LogP contribution in [0.3, 0.4) is 0 Å². The molecule has 5 nitrogen and oxygen atoms in total. The SMILES string of the molecule is COc1cc(OC)c2nc(N3CCc4ccccc4C3)c(C=O)cc2c1. The molecule has 0 atom stereocenters. The number of benzene rings is 2. The third kappa shape index (κ3) is 2.75. The molecule has 0 saturated heterocycles. The molecule has 1 aliphatic heterocycles. The van der Waals surface area contributed by atoms with Crippen LogP contribution in [0.4, 0.5) is 5.82 Å². The number of fused-ring (bicyclic) bond motifs is 2. The maximum absolute atomic E-state index is 11.7. The summed E-state index contributed by atoms with van der Waals surface area (Å²) in [6.07, 6.45) is 1.81. The van der Waals surface area contributed by atoms with Gasteiger partial charge in [0.2, 0.25) is 0 Å². The van der Waals surface area contributed by atoms with E-state index in [1.807, 2.05) is 24.3 Å². The maximum Gasteiger partial charge on any atom is 0.153 e. The Kier molecular flexibility index (Phi) is 4.21. The van der Waals surface area contributed by atoms with E-state index in [0.29, 0.717) is 22.9 Å². The standard InChI is InChI=1S/C21H20N2O3/c1-25-18-10-16-9-17(13-24)21(22-20(16)19(11-18)26-2)23-8-7-14-5-3-4-6-15(14)12-23/h3-6,9-11,13H,7-8,12H2,1-2H3. The number of anilines is 1. The zero-order chi connectivity index (χ0) is 18.1. The number of carbonyl (C=O) groups excluding carboxylic acids is 1. The van der Waals surface area contributed by atoms with Crippen LogP contribution in [0.5, 0.6) is 11.5 Å². The molecule has 132 valence electrons. The summed E-state index contributed by atoms with van der Waals surface area (Å²) < 4.78 is 10.8. The molecular formula is C21H20N2O3. The van der Waals surface area contributed by atoms with E-state index in [4.69, 9.17) is 14.5 Å². The van der Waals surface area contributed by atoms with Crippen molar-refractivity contribution in [3.8, 4) is 11.5 Å². The van der Waals surface area contributed by atoms with E-state index in [0.717, 1.165) is 36.7 Å². The molecule has 0 radical (unpaired) electrons. The Hall–Kier alpha value is -3.08. The van der Waals surface area contributed by atoms with E-state index in [1.54, 1.807) is 14.2 Å². The number of hydrogen-bond donors (Lipinski definition) is 0. The Balaban J connectivity index is 1.83. The summed E-state index contributed by atoms with van der Waals surface area (Å²) in [6.45, 7) is 1.57. The van der Waals surface area contributed by atoms with Gasteiger partial charge in [0, 0.05) is 24.5 Å². The molecular weight excluding hydrogens is 328 g/mol. The Morgan fingerprint density at radius 1 is 1.08 bits per heavy atom. The van der Waals surface area contributed by atoms with Crippen LogP contribution in [0, 0.1) is 0 Å². The predicted octanol–water partition coefficient (Wildman–Crippen LogP) is 3.63. The highest BCUT2D eigenvalue weighted by Gasteiger charge is 2.21. The summed E-state index contributed by atoms with van der Waals surface area (Å²) in [5.74, 6) is 2.01. The molecule has 2 heterocycles. The largest absolute Gasteiger partial charge is 0.497 e. The number of rotatable bonds is 4. The average molecular weight is 348 g/mol. The molecule has 3 aromatic rings. The highest BCUT2D eigenvalue weighted by Crippen LogP contribution is 2.34. The van der Waals surface area contributed by atoms with Crippen molar-refractivity contribution in [3.63, 3.8) is 0 Å². The Morgan fingerprint density at radius 3 is 2.62 bits per heavy atom. The summed E-state index contributed by atoms with van der Waals surface area (Å²) in [5, 5.41) is 0.824. The molecule has 0 fully saturated rings. The van der Waals surface area contributed by atoms with Crippen LogP contribution in [-0.2, 0) is 13.0 Å². The molecule has 0 N–H and O–H groups in total. The second-order valence-electron chi connectivity index (χ2n) is 6.36.